The van der Waals surface area contributed by atoms with Crippen LogP contribution < -0.4 is 0 Å². The largest absolute Gasteiger partial charge is 0.444 e. The minimum atomic E-state index is -0.422. The molecule has 1 aliphatic rings. The first-order valence-electron chi connectivity index (χ1n) is 7.87. The summed E-state index contributed by atoms with van der Waals surface area (Å²) in [6.45, 7) is 14.2. The number of hydrogen-bond donors (Lipinski definition) is 1. The summed E-state index contributed by atoms with van der Waals surface area (Å²) < 4.78 is 5.42. The highest BCUT2D eigenvalue weighted by Gasteiger charge is 2.25. The van der Waals surface area contributed by atoms with Crippen molar-refractivity contribution in [2.24, 2.45) is 0 Å². The van der Waals surface area contributed by atoms with E-state index >= 15 is 0 Å². The summed E-state index contributed by atoms with van der Waals surface area (Å²) >= 11 is 4.57. The molecule has 0 unspecified atom stereocenters. The molecule has 1 aliphatic heterocycles. The molecule has 0 spiro atoms. The maximum absolute atomic E-state index is 12.0. The fourth-order valence-electron chi connectivity index (χ4n) is 2.34. The van der Waals surface area contributed by atoms with Crippen molar-refractivity contribution >= 4 is 18.7 Å². The summed E-state index contributed by atoms with van der Waals surface area (Å²) in [7, 11) is 0. The van der Waals surface area contributed by atoms with Crippen molar-refractivity contribution in [1.82, 2.24) is 9.80 Å². The highest BCUT2D eigenvalue weighted by atomic mass is 32.1. The lowest BCUT2D eigenvalue weighted by Crippen LogP contribution is -2.50. The van der Waals surface area contributed by atoms with E-state index in [9.17, 15) is 4.79 Å². The quantitative estimate of drug-likeness (QED) is 0.806. The molecule has 1 fully saturated rings. The zero-order chi connectivity index (χ0) is 16.0. The molecule has 0 radical (unpaired) electrons. The van der Waals surface area contributed by atoms with E-state index in [1.165, 1.54) is 10.5 Å². The van der Waals surface area contributed by atoms with Crippen LogP contribution in [0.15, 0.2) is 10.5 Å². The Morgan fingerprint density at radius 1 is 1.10 bits per heavy atom. The number of ether oxygens (including phenoxy) is 1. The van der Waals surface area contributed by atoms with Crippen molar-refractivity contribution < 1.29 is 9.53 Å². The molecule has 0 aromatic carbocycles. The van der Waals surface area contributed by atoms with Gasteiger partial charge in [-0.2, -0.15) is 0 Å². The smallest absolute Gasteiger partial charge is 0.410 e. The fourth-order valence-corrected chi connectivity index (χ4v) is 2.57. The maximum atomic E-state index is 12.0. The molecule has 1 saturated heterocycles. The van der Waals surface area contributed by atoms with E-state index in [1.54, 1.807) is 4.90 Å². The molecule has 0 bridgehead atoms. The Balaban J connectivity index is 2.47. The minimum absolute atomic E-state index is 0.197. The monoisotopic (exact) mass is 314 g/mol. The van der Waals surface area contributed by atoms with Gasteiger partial charge in [0.05, 0.1) is 0 Å². The molecule has 1 heterocycles. The average Bonchev–Trinajstić information content (AvgIpc) is 2.42. The SMILES string of the molecule is CC/C(S)=C(\CC)CN1CCN(C(=O)OC(C)(C)C)CC1. The second-order valence-corrected chi connectivity index (χ2v) is 7.04. The molecule has 5 heteroatoms. The lowest BCUT2D eigenvalue weighted by atomic mass is 10.1. The van der Waals surface area contributed by atoms with Crippen molar-refractivity contribution in [3.8, 4) is 0 Å². The number of hydrogen-bond acceptors (Lipinski definition) is 4. The van der Waals surface area contributed by atoms with Crippen LogP contribution in [0.2, 0.25) is 0 Å². The first-order valence-corrected chi connectivity index (χ1v) is 8.31. The van der Waals surface area contributed by atoms with Crippen molar-refractivity contribution in [3.63, 3.8) is 0 Å². The zero-order valence-corrected chi connectivity index (χ0v) is 15.0. The van der Waals surface area contributed by atoms with Gasteiger partial charge >= 0.3 is 6.09 Å². The zero-order valence-electron chi connectivity index (χ0n) is 14.1. The van der Waals surface area contributed by atoms with Gasteiger partial charge in [0.25, 0.3) is 0 Å². The van der Waals surface area contributed by atoms with Crippen molar-refractivity contribution in [2.75, 3.05) is 32.7 Å². The number of carbonyl (C=O) groups excluding carboxylic acids is 1. The van der Waals surface area contributed by atoms with Gasteiger partial charge < -0.3 is 9.64 Å². The van der Waals surface area contributed by atoms with E-state index in [4.69, 9.17) is 4.74 Å². The van der Waals surface area contributed by atoms with Crippen LogP contribution in [0, 0.1) is 0 Å². The number of nitrogens with zero attached hydrogens (tertiary/aromatic N) is 2. The third kappa shape index (κ3) is 6.30. The Labute approximate surface area is 134 Å². The number of piperazine rings is 1. The first-order chi connectivity index (χ1) is 9.76. The van der Waals surface area contributed by atoms with Crippen molar-refractivity contribution in [1.29, 1.82) is 0 Å². The molecular weight excluding hydrogens is 284 g/mol. The van der Waals surface area contributed by atoms with Crippen molar-refractivity contribution in [2.45, 2.75) is 53.1 Å². The second-order valence-electron chi connectivity index (χ2n) is 6.50. The van der Waals surface area contributed by atoms with Crippen LogP contribution >= 0.6 is 12.6 Å². The molecule has 122 valence electrons. The van der Waals surface area contributed by atoms with Crippen LogP contribution in [0.5, 0.6) is 0 Å². The topological polar surface area (TPSA) is 32.8 Å². The number of amides is 1. The van der Waals surface area contributed by atoms with Gasteiger partial charge in [-0.1, -0.05) is 13.8 Å². The van der Waals surface area contributed by atoms with Crippen molar-refractivity contribution in [3.05, 3.63) is 10.5 Å². The summed E-state index contributed by atoms with van der Waals surface area (Å²) in [6.07, 6.45) is 1.83. The molecule has 0 aliphatic carbocycles. The average molecular weight is 314 g/mol. The van der Waals surface area contributed by atoms with Crippen LogP contribution in [0.1, 0.15) is 47.5 Å². The maximum Gasteiger partial charge on any atom is 0.410 e. The molecule has 0 aromatic heterocycles. The number of thiol groups is 1. The lowest BCUT2D eigenvalue weighted by molar-refractivity contribution is 0.0152. The molecule has 1 rings (SSSR count). The molecule has 0 N–H and O–H groups in total. The Bertz CT molecular complexity index is 380. The van der Waals surface area contributed by atoms with Gasteiger partial charge in [-0.15, -0.1) is 12.6 Å². The number of rotatable bonds is 4. The van der Waals surface area contributed by atoms with Crippen LogP contribution in [0.4, 0.5) is 4.79 Å². The summed E-state index contributed by atoms with van der Waals surface area (Å²) in [5.41, 5.74) is 0.987. The van der Waals surface area contributed by atoms with Gasteiger partial charge in [0.15, 0.2) is 0 Å². The van der Waals surface area contributed by atoms with Crippen LogP contribution in [-0.2, 0) is 4.74 Å². The Morgan fingerprint density at radius 2 is 1.67 bits per heavy atom. The highest BCUT2D eigenvalue weighted by molar-refractivity contribution is 7.84. The molecule has 4 nitrogen and oxygen atoms in total. The van der Waals surface area contributed by atoms with Gasteiger partial charge in [-0.3, -0.25) is 4.90 Å². The third-order valence-electron chi connectivity index (χ3n) is 3.61. The van der Waals surface area contributed by atoms with E-state index in [-0.39, 0.29) is 6.09 Å². The molecule has 0 saturated carbocycles. The predicted molar refractivity (Wildman–Crippen MR) is 90.8 cm³/mol. The van der Waals surface area contributed by atoms with E-state index in [1.807, 2.05) is 20.8 Å². The van der Waals surface area contributed by atoms with E-state index in [2.05, 4.69) is 31.4 Å². The van der Waals surface area contributed by atoms with E-state index in [0.29, 0.717) is 0 Å². The van der Waals surface area contributed by atoms with E-state index < -0.39 is 5.60 Å². The molecule has 21 heavy (non-hydrogen) atoms. The van der Waals surface area contributed by atoms with Gasteiger partial charge in [0.1, 0.15) is 5.60 Å². The van der Waals surface area contributed by atoms with Gasteiger partial charge in [-0.05, 0) is 44.1 Å². The summed E-state index contributed by atoms with van der Waals surface area (Å²) in [6, 6.07) is 0. The van der Waals surface area contributed by atoms with Gasteiger partial charge in [-0.25, -0.2) is 4.79 Å². The normalized spacial score (nSPS) is 18.5. The summed E-state index contributed by atoms with van der Waals surface area (Å²) in [5.74, 6) is 0. The van der Waals surface area contributed by atoms with Gasteiger partial charge in [0.2, 0.25) is 0 Å². The second kappa shape index (κ2) is 8.08. The number of carbonyl (C=O) groups is 1. The molecule has 0 atom stereocenters. The molecular formula is C16H30N2O2S. The van der Waals surface area contributed by atoms with Crippen LogP contribution in [0.3, 0.4) is 0 Å². The third-order valence-corrected chi connectivity index (χ3v) is 4.24. The van der Waals surface area contributed by atoms with Crippen LogP contribution in [-0.4, -0.2) is 54.2 Å². The molecule has 0 aromatic rings. The fraction of sp³-hybridized carbons (Fsp3) is 0.812. The lowest BCUT2D eigenvalue weighted by Gasteiger charge is -2.36. The Hall–Kier alpha value is -0.680. The Kier molecular flexibility index (Phi) is 7.07. The minimum Gasteiger partial charge on any atom is -0.444 e. The molecule has 1 amide bonds. The summed E-state index contributed by atoms with van der Waals surface area (Å²) in [4.78, 5) is 17.4. The first kappa shape index (κ1) is 18.4. The van der Waals surface area contributed by atoms with Gasteiger partial charge in [0, 0.05) is 32.7 Å². The Morgan fingerprint density at radius 3 is 2.10 bits per heavy atom. The summed E-state index contributed by atoms with van der Waals surface area (Å²) in [5, 5.41) is 0. The number of allylic oxidation sites excluding steroid dienone is 1. The van der Waals surface area contributed by atoms with Crippen LogP contribution in [0.25, 0.3) is 0 Å². The predicted octanol–water partition coefficient (Wildman–Crippen LogP) is 3.54. The standard InChI is InChI=1S/C16H30N2O2S/c1-6-13(14(21)7-2)12-17-8-10-18(11-9-17)15(19)20-16(3,4)5/h21H,6-12H2,1-5H3/b14-13-. The van der Waals surface area contributed by atoms with E-state index in [0.717, 1.165) is 45.6 Å². The highest BCUT2D eigenvalue weighted by Crippen LogP contribution is 2.18.